The Balaban J connectivity index is 1.83. The van der Waals surface area contributed by atoms with Gasteiger partial charge in [-0.15, -0.1) is 5.10 Å². The van der Waals surface area contributed by atoms with Crippen LogP contribution >= 0.6 is 23.4 Å². The number of hydrogen-bond donors (Lipinski definition) is 3. The summed E-state index contributed by atoms with van der Waals surface area (Å²) in [6, 6.07) is 14.4. The van der Waals surface area contributed by atoms with Crippen molar-refractivity contribution < 1.29 is 9.53 Å². The highest BCUT2D eigenvalue weighted by atomic mass is 35.5. The predicted octanol–water partition coefficient (Wildman–Crippen LogP) is 3.52. The van der Waals surface area contributed by atoms with Crippen LogP contribution in [0.15, 0.2) is 53.7 Å². The Morgan fingerprint density at radius 3 is 2.69 bits per heavy atom. The Labute approximate surface area is 159 Å². The third kappa shape index (κ3) is 4.27. The predicted molar refractivity (Wildman–Crippen MR) is 102 cm³/mol. The number of aromatic amines is 1. The van der Waals surface area contributed by atoms with Crippen molar-refractivity contribution >= 4 is 40.9 Å². The molecule has 0 bridgehead atoms. The largest absolute Gasteiger partial charge is 0.495 e. The number of methoxy groups -OCH3 is 1. The lowest BCUT2D eigenvalue weighted by atomic mass is 10.1. The Kier molecular flexibility index (Phi) is 5.65. The smallest absolute Gasteiger partial charge is 0.242 e. The molecule has 0 aliphatic rings. The van der Waals surface area contributed by atoms with E-state index >= 15 is 0 Å². The van der Waals surface area contributed by atoms with Gasteiger partial charge in [-0.2, -0.15) is 4.98 Å². The highest BCUT2D eigenvalue weighted by Gasteiger charge is 2.24. The van der Waals surface area contributed by atoms with Gasteiger partial charge in [0.25, 0.3) is 0 Å². The molecule has 134 valence electrons. The number of benzene rings is 2. The van der Waals surface area contributed by atoms with Crippen molar-refractivity contribution in [2.45, 2.75) is 10.4 Å². The maximum absolute atomic E-state index is 12.9. The molecule has 7 nitrogen and oxygen atoms in total. The van der Waals surface area contributed by atoms with Crippen LogP contribution < -0.4 is 15.8 Å². The number of H-pyrrole nitrogens is 1. The van der Waals surface area contributed by atoms with Crippen LogP contribution in [-0.4, -0.2) is 28.2 Å². The van der Waals surface area contributed by atoms with E-state index < -0.39 is 5.25 Å². The van der Waals surface area contributed by atoms with E-state index in [4.69, 9.17) is 22.1 Å². The number of carbonyl (C=O) groups is 1. The second kappa shape index (κ2) is 8.11. The van der Waals surface area contributed by atoms with Crippen LogP contribution in [0.3, 0.4) is 0 Å². The van der Waals surface area contributed by atoms with Crippen LogP contribution in [-0.2, 0) is 4.79 Å². The molecule has 1 atom stereocenters. The topological polar surface area (TPSA) is 106 Å². The number of rotatable bonds is 6. The van der Waals surface area contributed by atoms with E-state index in [1.165, 1.54) is 18.9 Å². The molecule has 1 heterocycles. The molecule has 0 aliphatic heterocycles. The normalized spacial score (nSPS) is 11.8. The number of aromatic nitrogens is 3. The molecule has 1 aromatic heterocycles. The van der Waals surface area contributed by atoms with Gasteiger partial charge in [0.1, 0.15) is 11.0 Å². The number of amides is 1. The maximum atomic E-state index is 12.9. The van der Waals surface area contributed by atoms with Gasteiger partial charge in [-0.1, -0.05) is 53.7 Å². The van der Waals surface area contributed by atoms with Crippen LogP contribution in [0.25, 0.3) is 0 Å². The summed E-state index contributed by atoms with van der Waals surface area (Å²) in [6.07, 6.45) is 0. The summed E-state index contributed by atoms with van der Waals surface area (Å²) in [4.78, 5) is 16.9. The molecule has 4 N–H and O–H groups in total. The van der Waals surface area contributed by atoms with Crippen molar-refractivity contribution in [3.05, 3.63) is 59.1 Å². The first kappa shape index (κ1) is 18.1. The summed E-state index contributed by atoms with van der Waals surface area (Å²) in [6.45, 7) is 0. The van der Waals surface area contributed by atoms with Crippen molar-refractivity contribution in [2.24, 2.45) is 0 Å². The van der Waals surface area contributed by atoms with Gasteiger partial charge in [0.05, 0.1) is 12.1 Å². The molecule has 9 heteroatoms. The molecule has 0 radical (unpaired) electrons. The minimum atomic E-state index is -0.563. The number of ether oxygens (including phenoxy) is 1. The number of nitrogen functional groups attached to an aromatic ring is 1. The summed E-state index contributed by atoms with van der Waals surface area (Å²) in [7, 11) is 1.53. The lowest BCUT2D eigenvalue weighted by Gasteiger charge is -2.16. The summed E-state index contributed by atoms with van der Waals surface area (Å²) >= 11 is 7.32. The molecular weight excluding hydrogens is 374 g/mol. The zero-order valence-electron chi connectivity index (χ0n) is 13.8. The quantitative estimate of drug-likeness (QED) is 0.557. The first-order valence-corrected chi connectivity index (χ1v) is 8.86. The molecule has 26 heavy (non-hydrogen) atoms. The number of nitrogens with two attached hydrogens (primary N) is 1. The van der Waals surface area contributed by atoms with Crippen molar-refractivity contribution in [3.63, 3.8) is 0 Å². The van der Waals surface area contributed by atoms with Gasteiger partial charge in [0, 0.05) is 5.69 Å². The summed E-state index contributed by atoms with van der Waals surface area (Å²) in [5.74, 6) is 0.502. The molecule has 0 spiro atoms. The number of hydrogen-bond acceptors (Lipinski definition) is 6. The zero-order chi connectivity index (χ0) is 18.5. The number of thioether (sulfide) groups is 1. The molecule has 3 aromatic rings. The first-order valence-electron chi connectivity index (χ1n) is 7.60. The average molecular weight is 390 g/mol. The van der Waals surface area contributed by atoms with Crippen LogP contribution in [0.1, 0.15) is 10.8 Å². The number of anilines is 2. The molecule has 2 aromatic carbocycles. The van der Waals surface area contributed by atoms with Gasteiger partial charge in [0.15, 0.2) is 0 Å². The summed E-state index contributed by atoms with van der Waals surface area (Å²) in [5, 5.41) is 9.66. The van der Waals surface area contributed by atoms with E-state index in [1.807, 2.05) is 30.3 Å². The van der Waals surface area contributed by atoms with Gasteiger partial charge in [0.2, 0.25) is 17.0 Å². The number of nitrogens with zero attached hydrogens (tertiary/aromatic N) is 2. The van der Waals surface area contributed by atoms with E-state index in [9.17, 15) is 4.79 Å². The number of nitrogens with one attached hydrogen (secondary N) is 2. The standard InChI is InChI=1S/C17H16ClN5O2S/c1-25-13-8-7-11(9-12(13)18)20-15(24)14(10-5-3-2-4-6-10)26-17-21-16(19)22-23-17/h2-9,14H,1H3,(H,20,24)(H3,19,21,22,23). The molecule has 0 saturated carbocycles. The third-order valence-electron chi connectivity index (χ3n) is 3.47. The minimum Gasteiger partial charge on any atom is -0.495 e. The SMILES string of the molecule is COc1ccc(NC(=O)C(Sc2n[nH]c(N)n2)c2ccccc2)cc1Cl. The fraction of sp³-hybridized carbons (Fsp3) is 0.118. The monoisotopic (exact) mass is 389 g/mol. The zero-order valence-corrected chi connectivity index (χ0v) is 15.3. The Hall–Kier alpha value is -2.71. The van der Waals surface area contributed by atoms with Crippen LogP contribution in [0.2, 0.25) is 5.02 Å². The van der Waals surface area contributed by atoms with E-state index in [1.54, 1.807) is 18.2 Å². The molecule has 0 aliphatic carbocycles. The molecule has 3 rings (SSSR count). The van der Waals surface area contributed by atoms with Gasteiger partial charge in [-0.25, -0.2) is 5.10 Å². The lowest BCUT2D eigenvalue weighted by Crippen LogP contribution is -2.19. The van der Waals surface area contributed by atoms with Gasteiger partial charge in [-0.05, 0) is 23.8 Å². The third-order valence-corrected chi connectivity index (χ3v) is 4.88. The Bertz CT molecular complexity index is 903. The number of halogens is 1. The molecule has 1 amide bonds. The van der Waals surface area contributed by atoms with Crippen LogP contribution in [0.4, 0.5) is 11.6 Å². The van der Waals surface area contributed by atoms with E-state index in [0.717, 1.165) is 5.56 Å². The van der Waals surface area contributed by atoms with Crippen LogP contribution in [0.5, 0.6) is 5.75 Å². The summed E-state index contributed by atoms with van der Waals surface area (Å²) < 4.78 is 5.12. The van der Waals surface area contributed by atoms with Crippen molar-refractivity contribution in [1.29, 1.82) is 0 Å². The summed E-state index contributed by atoms with van der Waals surface area (Å²) in [5.41, 5.74) is 6.95. The van der Waals surface area contributed by atoms with Gasteiger partial charge in [-0.3, -0.25) is 4.79 Å². The van der Waals surface area contributed by atoms with Gasteiger partial charge >= 0.3 is 0 Å². The van der Waals surface area contributed by atoms with Crippen molar-refractivity contribution in [1.82, 2.24) is 15.2 Å². The fourth-order valence-electron chi connectivity index (χ4n) is 2.27. The van der Waals surface area contributed by atoms with Crippen molar-refractivity contribution in [2.75, 3.05) is 18.2 Å². The highest BCUT2D eigenvalue weighted by molar-refractivity contribution is 8.00. The lowest BCUT2D eigenvalue weighted by molar-refractivity contribution is -0.115. The number of carbonyl (C=O) groups excluding carboxylic acids is 1. The highest BCUT2D eigenvalue weighted by Crippen LogP contribution is 2.35. The molecule has 0 fully saturated rings. The van der Waals surface area contributed by atoms with Gasteiger partial charge < -0.3 is 15.8 Å². The fourth-order valence-corrected chi connectivity index (χ4v) is 3.45. The van der Waals surface area contributed by atoms with E-state index in [2.05, 4.69) is 20.5 Å². The van der Waals surface area contributed by atoms with E-state index in [-0.39, 0.29) is 11.9 Å². The molecule has 1 unspecified atom stereocenters. The van der Waals surface area contributed by atoms with Crippen molar-refractivity contribution in [3.8, 4) is 5.75 Å². The van der Waals surface area contributed by atoms with Crippen LogP contribution in [0, 0.1) is 0 Å². The maximum Gasteiger partial charge on any atom is 0.242 e. The minimum absolute atomic E-state index is 0.196. The average Bonchev–Trinajstić information content (AvgIpc) is 3.05. The first-order chi connectivity index (χ1) is 12.6. The second-order valence-corrected chi connectivity index (χ2v) is 6.73. The van der Waals surface area contributed by atoms with E-state index in [0.29, 0.717) is 21.6 Å². The molecular formula is C17H16ClN5O2S. The second-order valence-electron chi connectivity index (χ2n) is 5.25. The Morgan fingerprint density at radius 1 is 1.31 bits per heavy atom. The Morgan fingerprint density at radius 2 is 2.08 bits per heavy atom. The molecule has 0 saturated heterocycles.